The molecule has 100 valence electrons. The van der Waals surface area contributed by atoms with Gasteiger partial charge in [0, 0.05) is 6.04 Å². The first-order chi connectivity index (χ1) is 7.76. The van der Waals surface area contributed by atoms with Gasteiger partial charge in [-0.2, -0.15) is 0 Å². The van der Waals surface area contributed by atoms with Gasteiger partial charge in [0.1, 0.15) is 5.60 Å². The van der Waals surface area contributed by atoms with E-state index in [0.717, 1.165) is 12.8 Å². The Balaban J connectivity index is 2.74. The zero-order valence-corrected chi connectivity index (χ0v) is 11.6. The van der Waals surface area contributed by atoms with Crippen molar-refractivity contribution >= 4 is 6.09 Å². The van der Waals surface area contributed by atoms with E-state index in [4.69, 9.17) is 4.74 Å². The van der Waals surface area contributed by atoms with E-state index in [9.17, 15) is 9.90 Å². The predicted octanol–water partition coefficient (Wildman–Crippen LogP) is 2.40. The Morgan fingerprint density at radius 2 is 1.94 bits per heavy atom. The van der Waals surface area contributed by atoms with Gasteiger partial charge >= 0.3 is 6.09 Å². The fraction of sp³-hybridized carbons (Fsp3) is 0.923. The average molecular weight is 243 g/mol. The van der Waals surface area contributed by atoms with Gasteiger partial charge in [-0.3, -0.25) is 4.90 Å². The van der Waals surface area contributed by atoms with E-state index in [1.165, 1.54) is 0 Å². The molecule has 4 nitrogen and oxygen atoms in total. The van der Waals surface area contributed by atoms with Gasteiger partial charge in [-0.15, -0.1) is 0 Å². The van der Waals surface area contributed by atoms with Crippen LogP contribution in [0, 0.1) is 5.92 Å². The van der Waals surface area contributed by atoms with Crippen LogP contribution in [-0.2, 0) is 4.74 Å². The number of aliphatic hydroxyl groups is 1. The van der Waals surface area contributed by atoms with Gasteiger partial charge in [0.25, 0.3) is 0 Å². The van der Waals surface area contributed by atoms with Crippen molar-refractivity contribution in [2.24, 2.45) is 5.92 Å². The van der Waals surface area contributed by atoms with E-state index in [2.05, 4.69) is 0 Å². The summed E-state index contributed by atoms with van der Waals surface area (Å²) in [5.74, 6) is 0.230. The smallest absolute Gasteiger partial charge is 0.410 e. The number of carbonyl (C=O) groups is 1. The SMILES string of the molecule is CC(C)C(CO)N(C(=O)OC(C)(C)C)C1CC1. The van der Waals surface area contributed by atoms with Crippen LogP contribution in [-0.4, -0.2) is 40.4 Å². The molecule has 0 heterocycles. The molecule has 1 fully saturated rings. The number of nitrogens with zero attached hydrogens (tertiary/aromatic N) is 1. The predicted molar refractivity (Wildman–Crippen MR) is 66.8 cm³/mol. The molecule has 0 aromatic rings. The fourth-order valence-electron chi connectivity index (χ4n) is 1.84. The molecule has 0 aromatic carbocycles. The number of amides is 1. The van der Waals surface area contributed by atoms with Crippen molar-refractivity contribution < 1.29 is 14.6 Å². The summed E-state index contributed by atoms with van der Waals surface area (Å²) < 4.78 is 5.41. The molecule has 1 atom stereocenters. The van der Waals surface area contributed by atoms with E-state index >= 15 is 0 Å². The first-order valence-corrected chi connectivity index (χ1v) is 6.38. The van der Waals surface area contributed by atoms with Gasteiger partial charge in [-0.05, 0) is 39.5 Å². The highest BCUT2D eigenvalue weighted by atomic mass is 16.6. The van der Waals surface area contributed by atoms with E-state index < -0.39 is 5.60 Å². The normalized spacial score (nSPS) is 18.1. The topological polar surface area (TPSA) is 49.8 Å². The molecule has 0 radical (unpaired) electrons. The van der Waals surface area contributed by atoms with E-state index in [-0.39, 0.29) is 30.7 Å². The average Bonchev–Trinajstić information content (AvgIpc) is 2.93. The summed E-state index contributed by atoms with van der Waals surface area (Å²) in [6.45, 7) is 9.60. The van der Waals surface area contributed by atoms with Crippen LogP contribution in [0.4, 0.5) is 4.79 Å². The summed E-state index contributed by atoms with van der Waals surface area (Å²) >= 11 is 0. The van der Waals surface area contributed by atoms with Crippen LogP contribution in [0.3, 0.4) is 0 Å². The highest BCUT2D eigenvalue weighted by molar-refractivity contribution is 5.69. The molecule has 0 bridgehead atoms. The number of carbonyl (C=O) groups excluding carboxylic acids is 1. The molecular formula is C13H25NO3. The van der Waals surface area contributed by atoms with Crippen molar-refractivity contribution in [3.05, 3.63) is 0 Å². The van der Waals surface area contributed by atoms with Crippen molar-refractivity contribution in [2.45, 2.75) is 65.1 Å². The first-order valence-electron chi connectivity index (χ1n) is 6.38. The lowest BCUT2D eigenvalue weighted by Gasteiger charge is -2.34. The van der Waals surface area contributed by atoms with Crippen LogP contribution >= 0.6 is 0 Å². The zero-order chi connectivity index (χ0) is 13.2. The molecule has 1 aliphatic rings. The monoisotopic (exact) mass is 243 g/mol. The first kappa shape index (κ1) is 14.3. The highest BCUT2D eigenvalue weighted by Gasteiger charge is 2.40. The van der Waals surface area contributed by atoms with Crippen LogP contribution < -0.4 is 0 Å². The summed E-state index contributed by atoms with van der Waals surface area (Å²) in [6.07, 6.45) is 1.73. The van der Waals surface area contributed by atoms with Crippen LogP contribution in [0.25, 0.3) is 0 Å². The lowest BCUT2D eigenvalue weighted by Crippen LogP contribution is -2.48. The van der Waals surface area contributed by atoms with Crippen LogP contribution in [0.15, 0.2) is 0 Å². The van der Waals surface area contributed by atoms with E-state index in [1.807, 2.05) is 34.6 Å². The lowest BCUT2D eigenvalue weighted by atomic mass is 10.0. The maximum absolute atomic E-state index is 12.1. The second-order valence-electron chi connectivity index (χ2n) is 6.11. The van der Waals surface area contributed by atoms with Crippen LogP contribution in [0.2, 0.25) is 0 Å². The maximum atomic E-state index is 12.1. The minimum Gasteiger partial charge on any atom is -0.444 e. The molecule has 0 aliphatic heterocycles. The lowest BCUT2D eigenvalue weighted by molar-refractivity contribution is -0.0000782. The second kappa shape index (κ2) is 5.25. The number of ether oxygens (including phenoxy) is 1. The third-order valence-electron chi connectivity index (χ3n) is 2.86. The molecule has 1 aliphatic carbocycles. The van der Waals surface area contributed by atoms with Crippen LogP contribution in [0.5, 0.6) is 0 Å². The summed E-state index contributed by atoms with van der Waals surface area (Å²) in [7, 11) is 0. The Bertz CT molecular complexity index is 266. The van der Waals surface area contributed by atoms with Crippen molar-refractivity contribution in [1.29, 1.82) is 0 Å². The number of hydrogen-bond donors (Lipinski definition) is 1. The molecule has 0 saturated heterocycles. The molecule has 1 N–H and O–H groups in total. The van der Waals surface area contributed by atoms with Gasteiger partial charge in [0.2, 0.25) is 0 Å². The van der Waals surface area contributed by atoms with Gasteiger partial charge in [-0.1, -0.05) is 13.8 Å². The highest BCUT2D eigenvalue weighted by Crippen LogP contribution is 2.32. The summed E-state index contributed by atoms with van der Waals surface area (Å²) in [5, 5.41) is 9.44. The molecule has 1 saturated carbocycles. The summed E-state index contributed by atoms with van der Waals surface area (Å²) in [6, 6.07) is 0.113. The molecule has 4 heteroatoms. The Labute approximate surface area is 104 Å². The van der Waals surface area contributed by atoms with Gasteiger partial charge in [0.05, 0.1) is 12.6 Å². The van der Waals surface area contributed by atoms with E-state index in [1.54, 1.807) is 4.90 Å². The Morgan fingerprint density at radius 1 is 1.41 bits per heavy atom. The summed E-state index contributed by atoms with van der Waals surface area (Å²) in [5.41, 5.74) is -0.485. The number of rotatable bonds is 4. The van der Waals surface area contributed by atoms with Crippen molar-refractivity contribution in [3.63, 3.8) is 0 Å². The largest absolute Gasteiger partial charge is 0.444 e. The number of hydrogen-bond acceptors (Lipinski definition) is 3. The van der Waals surface area contributed by atoms with Crippen LogP contribution in [0.1, 0.15) is 47.5 Å². The quantitative estimate of drug-likeness (QED) is 0.825. The summed E-state index contributed by atoms with van der Waals surface area (Å²) in [4.78, 5) is 13.9. The van der Waals surface area contributed by atoms with Gasteiger partial charge < -0.3 is 9.84 Å². The molecule has 0 aromatic heterocycles. The Kier molecular flexibility index (Phi) is 4.42. The standard InChI is InChI=1S/C13H25NO3/c1-9(2)11(8-15)14(10-6-7-10)12(16)17-13(3,4)5/h9-11,15H,6-8H2,1-5H3. The van der Waals surface area contributed by atoms with Crippen molar-refractivity contribution in [2.75, 3.05) is 6.61 Å². The third-order valence-corrected chi connectivity index (χ3v) is 2.86. The number of aliphatic hydroxyl groups excluding tert-OH is 1. The molecule has 1 rings (SSSR count). The molecular weight excluding hydrogens is 218 g/mol. The van der Waals surface area contributed by atoms with Gasteiger partial charge in [0.15, 0.2) is 0 Å². The molecule has 17 heavy (non-hydrogen) atoms. The molecule has 0 spiro atoms. The molecule has 1 amide bonds. The van der Waals surface area contributed by atoms with E-state index in [0.29, 0.717) is 0 Å². The second-order valence-corrected chi connectivity index (χ2v) is 6.11. The minimum atomic E-state index is -0.485. The minimum absolute atomic E-state index is 0.00654. The van der Waals surface area contributed by atoms with Gasteiger partial charge in [-0.25, -0.2) is 4.79 Å². The molecule has 1 unspecified atom stereocenters. The van der Waals surface area contributed by atoms with Crippen molar-refractivity contribution in [3.8, 4) is 0 Å². The fourth-order valence-corrected chi connectivity index (χ4v) is 1.84. The third kappa shape index (κ3) is 4.19. The Hall–Kier alpha value is -0.770. The van der Waals surface area contributed by atoms with Crippen molar-refractivity contribution in [1.82, 2.24) is 4.90 Å². The Morgan fingerprint density at radius 3 is 2.24 bits per heavy atom. The maximum Gasteiger partial charge on any atom is 0.410 e. The zero-order valence-electron chi connectivity index (χ0n) is 11.6.